The second kappa shape index (κ2) is 23.9. The molecule has 0 unspecified atom stereocenters. The summed E-state index contributed by atoms with van der Waals surface area (Å²) in [5, 5.41) is 0. The molecule has 98 valence electrons. The number of nitrogens with zero attached hydrogens (tertiary/aromatic N) is 1. The highest BCUT2D eigenvalue weighted by atomic mass is 16.5. The molecular formula is C14H31NO. The second-order valence-electron chi connectivity index (χ2n) is 2.74. The first-order chi connectivity index (χ1) is 7.81. The fourth-order valence-electron chi connectivity index (χ4n) is 0.595. The quantitative estimate of drug-likeness (QED) is 0.471. The Morgan fingerprint density at radius 3 is 2.12 bits per heavy atom. The molecule has 2 heteroatoms. The topological polar surface area (TPSA) is 21.6 Å². The molecule has 2 nitrogen and oxygen atoms in total. The average molecular weight is 229 g/mol. The minimum absolute atomic E-state index is 0.626. The zero-order valence-electron chi connectivity index (χ0n) is 12.3. The van der Waals surface area contributed by atoms with Gasteiger partial charge in [-0.1, -0.05) is 47.1 Å². The molecule has 0 amide bonds. The molecule has 0 aliphatic carbocycles. The van der Waals surface area contributed by atoms with Gasteiger partial charge < -0.3 is 4.74 Å². The second-order valence-corrected chi connectivity index (χ2v) is 2.74. The molecule has 0 fully saturated rings. The number of hydrogen-bond acceptors (Lipinski definition) is 2. The summed E-state index contributed by atoms with van der Waals surface area (Å²) in [6.45, 7) is 15.7. The Labute approximate surface area is 103 Å². The Morgan fingerprint density at radius 2 is 1.69 bits per heavy atom. The lowest BCUT2D eigenvalue weighted by atomic mass is 10.3. The summed E-state index contributed by atoms with van der Waals surface area (Å²) in [5.74, 6) is 0. The van der Waals surface area contributed by atoms with Gasteiger partial charge in [0.25, 0.3) is 0 Å². The highest BCUT2D eigenvalue weighted by molar-refractivity contribution is 5.59. The maximum absolute atomic E-state index is 5.22. The van der Waals surface area contributed by atoms with Crippen LogP contribution in [0.3, 0.4) is 0 Å². The third kappa shape index (κ3) is 23.3. The van der Waals surface area contributed by atoms with Crippen molar-refractivity contribution < 1.29 is 4.74 Å². The van der Waals surface area contributed by atoms with Crippen LogP contribution in [0.1, 0.15) is 61.3 Å². The Kier molecular flexibility index (Phi) is 31.0. The molecule has 0 radical (unpaired) electrons. The Hall–Kier alpha value is -0.630. The van der Waals surface area contributed by atoms with Crippen LogP contribution in [0.15, 0.2) is 16.8 Å². The monoisotopic (exact) mass is 229 g/mol. The molecule has 0 saturated heterocycles. The van der Waals surface area contributed by atoms with E-state index in [2.05, 4.69) is 25.8 Å². The minimum Gasteiger partial charge on any atom is -0.376 e. The summed E-state index contributed by atoms with van der Waals surface area (Å²) in [4.78, 5) is 4.10. The van der Waals surface area contributed by atoms with Crippen LogP contribution in [-0.2, 0) is 4.74 Å². The van der Waals surface area contributed by atoms with Crippen molar-refractivity contribution in [2.24, 2.45) is 4.99 Å². The van der Waals surface area contributed by atoms with Crippen LogP contribution in [0.2, 0.25) is 0 Å². The standard InChI is InChI=1S/C10H19NO.2C2H6/c1-4-7-12-8-6-11-9-10(3)5-2;2*1-2/h6,9H,4-5,7-8H2,1-3H3;2*1-2H3/b10-9+,11-6?;;. The van der Waals surface area contributed by atoms with Gasteiger partial charge >= 0.3 is 0 Å². The fourth-order valence-corrected chi connectivity index (χ4v) is 0.595. The molecule has 0 N–H and O–H groups in total. The molecule has 0 saturated carbocycles. The van der Waals surface area contributed by atoms with Gasteiger partial charge in [0, 0.05) is 19.0 Å². The maximum Gasteiger partial charge on any atom is 0.0818 e. The van der Waals surface area contributed by atoms with Crippen molar-refractivity contribution in [1.29, 1.82) is 0 Å². The largest absolute Gasteiger partial charge is 0.376 e. The zero-order chi connectivity index (χ0) is 13.2. The van der Waals surface area contributed by atoms with Gasteiger partial charge in [-0.2, -0.15) is 0 Å². The maximum atomic E-state index is 5.22. The number of rotatable bonds is 6. The van der Waals surface area contributed by atoms with Crippen LogP contribution in [0, 0.1) is 0 Å². The van der Waals surface area contributed by atoms with Crippen LogP contribution in [0.4, 0.5) is 0 Å². The third-order valence-electron chi connectivity index (χ3n) is 1.50. The number of hydrogen-bond donors (Lipinski definition) is 0. The molecule has 0 aromatic heterocycles. The van der Waals surface area contributed by atoms with Crippen molar-refractivity contribution in [1.82, 2.24) is 0 Å². The van der Waals surface area contributed by atoms with E-state index in [0.717, 1.165) is 19.4 Å². The van der Waals surface area contributed by atoms with Crippen molar-refractivity contribution in [2.45, 2.75) is 61.3 Å². The lowest BCUT2D eigenvalue weighted by molar-refractivity contribution is 0.175. The molecule has 0 aromatic carbocycles. The molecule has 0 spiro atoms. The van der Waals surface area contributed by atoms with E-state index in [1.807, 2.05) is 33.9 Å². The summed E-state index contributed by atoms with van der Waals surface area (Å²) in [5.41, 5.74) is 1.29. The van der Waals surface area contributed by atoms with Gasteiger partial charge in [0.15, 0.2) is 0 Å². The number of aliphatic imine (C=N–C) groups is 1. The Morgan fingerprint density at radius 1 is 1.12 bits per heavy atom. The molecule has 0 rings (SSSR count). The Balaban J connectivity index is -0.000000376. The minimum atomic E-state index is 0.626. The summed E-state index contributed by atoms with van der Waals surface area (Å²) >= 11 is 0. The molecule has 16 heavy (non-hydrogen) atoms. The van der Waals surface area contributed by atoms with Crippen LogP contribution in [-0.4, -0.2) is 19.4 Å². The van der Waals surface area contributed by atoms with E-state index in [9.17, 15) is 0 Å². The summed E-state index contributed by atoms with van der Waals surface area (Å²) in [7, 11) is 0. The van der Waals surface area contributed by atoms with Gasteiger partial charge in [-0.25, -0.2) is 0 Å². The van der Waals surface area contributed by atoms with Crippen LogP contribution >= 0.6 is 0 Å². The lowest BCUT2D eigenvalue weighted by Crippen LogP contribution is -1.95. The zero-order valence-corrected chi connectivity index (χ0v) is 12.3. The third-order valence-corrected chi connectivity index (χ3v) is 1.50. The number of ether oxygens (including phenoxy) is 1. The van der Waals surface area contributed by atoms with E-state index in [4.69, 9.17) is 4.74 Å². The van der Waals surface area contributed by atoms with Gasteiger partial charge in [0.2, 0.25) is 0 Å². The van der Waals surface area contributed by atoms with Crippen LogP contribution in [0.5, 0.6) is 0 Å². The summed E-state index contributed by atoms with van der Waals surface area (Å²) in [6, 6.07) is 0. The first-order valence-corrected chi connectivity index (χ1v) is 6.56. The first kappa shape index (κ1) is 20.7. The highest BCUT2D eigenvalue weighted by Gasteiger charge is 1.80. The van der Waals surface area contributed by atoms with Gasteiger partial charge in [-0.15, -0.1) is 0 Å². The molecule has 0 heterocycles. The molecule has 0 aliphatic rings. The van der Waals surface area contributed by atoms with Gasteiger partial charge in [0.1, 0.15) is 0 Å². The summed E-state index contributed by atoms with van der Waals surface area (Å²) < 4.78 is 5.22. The molecular weight excluding hydrogens is 198 g/mol. The van der Waals surface area contributed by atoms with Crippen LogP contribution < -0.4 is 0 Å². The first-order valence-electron chi connectivity index (χ1n) is 6.56. The molecule has 0 bridgehead atoms. The highest BCUT2D eigenvalue weighted by Crippen LogP contribution is 1.96. The van der Waals surface area contributed by atoms with Gasteiger partial charge in [0.05, 0.1) is 6.61 Å². The van der Waals surface area contributed by atoms with Crippen molar-refractivity contribution in [2.75, 3.05) is 13.2 Å². The predicted octanol–water partition coefficient (Wildman–Crippen LogP) is 4.85. The van der Waals surface area contributed by atoms with E-state index in [-0.39, 0.29) is 0 Å². The van der Waals surface area contributed by atoms with E-state index in [1.165, 1.54) is 5.57 Å². The lowest BCUT2D eigenvalue weighted by Gasteiger charge is -1.94. The van der Waals surface area contributed by atoms with E-state index < -0.39 is 0 Å². The Bertz CT molecular complexity index is 151. The van der Waals surface area contributed by atoms with Gasteiger partial charge in [-0.05, 0) is 19.8 Å². The van der Waals surface area contributed by atoms with Crippen LogP contribution in [0.25, 0.3) is 0 Å². The molecule has 0 aliphatic heterocycles. The SMILES string of the molecule is CC.CC.CCCOCC=N/C=C(\C)CC. The predicted molar refractivity (Wildman–Crippen MR) is 76.3 cm³/mol. The molecule has 0 atom stereocenters. The molecule has 0 aromatic rings. The van der Waals surface area contributed by atoms with Crippen molar-refractivity contribution >= 4 is 6.21 Å². The van der Waals surface area contributed by atoms with Crippen molar-refractivity contribution in [3.8, 4) is 0 Å². The van der Waals surface area contributed by atoms with Gasteiger partial charge in [-0.3, -0.25) is 4.99 Å². The van der Waals surface area contributed by atoms with E-state index >= 15 is 0 Å². The average Bonchev–Trinajstić information content (AvgIpc) is 2.38. The van der Waals surface area contributed by atoms with Crippen molar-refractivity contribution in [3.05, 3.63) is 11.8 Å². The van der Waals surface area contributed by atoms with E-state index in [1.54, 1.807) is 6.21 Å². The van der Waals surface area contributed by atoms with E-state index in [0.29, 0.717) is 6.61 Å². The smallest absolute Gasteiger partial charge is 0.0818 e. The van der Waals surface area contributed by atoms with Crippen molar-refractivity contribution in [3.63, 3.8) is 0 Å². The summed E-state index contributed by atoms with van der Waals surface area (Å²) in [6.07, 6.45) is 5.81. The number of allylic oxidation sites excluding steroid dienone is 1. The fraction of sp³-hybridized carbons (Fsp3) is 0.786. The normalized spacial score (nSPS) is 10.3.